The monoisotopic (exact) mass is 348 g/mol. The van der Waals surface area contributed by atoms with Crippen molar-refractivity contribution in [3.8, 4) is 0 Å². The Morgan fingerprint density at radius 1 is 0.875 bits per heavy atom. The highest BCUT2D eigenvalue weighted by Gasteiger charge is 2.59. The summed E-state index contributed by atoms with van der Waals surface area (Å²) < 4.78 is -5.18. The molecule has 0 rings (SSSR count). The molecule has 7 heteroatoms. The summed E-state index contributed by atoms with van der Waals surface area (Å²) >= 11 is 35.6. The zero-order valence-corrected chi connectivity index (χ0v) is 13.3. The molecular formula is C9H14Cl6O. The molecule has 16 heavy (non-hydrogen) atoms. The van der Waals surface area contributed by atoms with Gasteiger partial charge in [0.05, 0.1) is 6.61 Å². The third kappa shape index (κ3) is 4.12. The molecule has 0 radical (unpaired) electrons. The first-order valence-electron chi connectivity index (χ1n) is 4.86. The molecule has 0 saturated carbocycles. The van der Waals surface area contributed by atoms with Crippen molar-refractivity contribution in [3.63, 3.8) is 0 Å². The second kappa shape index (κ2) is 6.75. The van der Waals surface area contributed by atoms with Gasteiger partial charge >= 0.3 is 0 Å². The molecule has 0 aliphatic rings. The first-order chi connectivity index (χ1) is 7.12. The summed E-state index contributed by atoms with van der Waals surface area (Å²) in [4.78, 5) is 0. The number of alkyl halides is 6. The largest absolute Gasteiger partial charge is 0.393 e. The van der Waals surface area contributed by atoms with Crippen LogP contribution in [0.3, 0.4) is 0 Å². The SMILES string of the molecule is CCCCCC(Cl)(Cl)C(Cl)(Cl)C(Cl)(Cl)CO. The smallest absolute Gasteiger partial charge is 0.185 e. The Kier molecular flexibility index (Phi) is 7.46. The van der Waals surface area contributed by atoms with E-state index in [-0.39, 0.29) is 0 Å². The predicted molar refractivity (Wildman–Crippen MR) is 74.5 cm³/mol. The van der Waals surface area contributed by atoms with Gasteiger partial charge in [-0.15, -0.1) is 0 Å². The van der Waals surface area contributed by atoms with Crippen molar-refractivity contribution in [2.75, 3.05) is 6.61 Å². The topological polar surface area (TPSA) is 20.2 Å². The van der Waals surface area contributed by atoms with E-state index in [9.17, 15) is 0 Å². The fourth-order valence-corrected chi connectivity index (χ4v) is 2.54. The molecule has 0 aromatic rings. The molecule has 0 amide bonds. The summed E-state index contributed by atoms with van der Waals surface area (Å²) in [6.07, 6.45) is 3.05. The van der Waals surface area contributed by atoms with Gasteiger partial charge in [-0.3, -0.25) is 0 Å². The summed E-state index contributed by atoms with van der Waals surface area (Å²) in [5.74, 6) is 0. The first kappa shape index (κ1) is 17.7. The molecule has 0 heterocycles. The van der Waals surface area contributed by atoms with Crippen LogP contribution in [-0.2, 0) is 0 Å². The zero-order valence-electron chi connectivity index (χ0n) is 8.75. The summed E-state index contributed by atoms with van der Waals surface area (Å²) in [6.45, 7) is 1.40. The van der Waals surface area contributed by atoms with Crippen LogP contribution in [-0.4, -0.2) is 24.7 Å². The van der Waals surface area contributed by atoms with Crippen molar-refractivity contribution >= 4 is 69.6 Å². The van der Waals surface area contributed by atoms with Gasteiger partial charge in [-0.1, -0.05) is 95.8 Å². The van der Waals surface area contributed by atoms with E-state index in [0.717, 1.165) is 19.3 Å². The van der Waals surface area contributed by atoms with Crippen molar-refractivity contribution in [1.29, 1.82) is 0 Å². The molecule has 0 aromatic heterocycles. The Morgan fingerprint density at radius 2 is 1.38 bits per heavy atom. The molecule has 98 valence electrons. The Balaban J connectivity index is 4.70. The molecule has 0 saturated heterocycles. The van der Waals surface area contributed by atoms with Crippen LogP contribution in [0.4, 0.5) is 0 Å². The minimum absolute atomic E-state index is 0.345. The second-order valence-corrected chi connectivity index (χ2v) is 7.89. The van der Waals surface area contributed by atoms with E-state index < -0.39 is 19.6 Å². The van der Waals surface area contributed by atoms with Gasteiger partial charge in [0.1, 0.15) is 0 Å². The number of halogens is 6. The van der Waals surface area contributed by atoms with Gasteiger partial charge in [0.25, 0.3) is 0 Å². The van der Waals surface area contributed by atoms with Crippen molar-refractivity contribution < 1.29 is 5.11 Å². The minimum atomic E-state index is -1.85. The van der Waals surface area contributed by atoms with Crippen molar-refractivity contribution in [2.24, 2.45) is 0 Å². The van der Waals surface area contributed by atoms with E-state index in [2.05, 4.69) is 0 Å². The standard InChI is InChI=1S/C9H14Cl6O/c1-2-3-4-5-7(10,11)9(14,15)8(12,13)6-16/h16H,2-6H2,1H3. The molecule has 0 atom stereocenters. The van der Waals surface area contributed by atoms with Crippen LogP contribution >= 0.6 is 69.6 Å². The quantitative estimate of drug-likeness (QED) is 0.501. The highest BCUT2D eigenvalue weighted by atomic mass is 35.5. The van der Waals surface area contributed by atoms with Gasteiger partial charge in [-0.2, -0.15) is 0 Å². The highest BCUT2D eigenvalue weighted by molar-refractivity contribution is 6.69. The van der Waals surface area contributed by atoms with Crippen LogP contribution in [0.1, 0.15) is 32.6 Å². The van der Waals surface area contributed by atoms with Gasteiger partial charge in [0.15, 0.2) is 13.0 Å². The Morgan fingerprint density at radius 3 is 1.75 bits per heavy atom. The molecule has 1 nitrogen and oxygen atoms in total. The maximum atomic E-state index is 9.01. The van der Waals surface area contributed by atoms with Gasteiger partial charge in [-0.05, 0) is 6.42 Å². The summed E-state index contributed by atoms with van der Waals surface area (Å²) in [6, 6.07) is 0. The van der Waals surface area contributed by atoms with E-state index >= 15 is 0 Å². The average Bonchev–Trinajstić information content (AvgIpc) is 2.17. The third-order valence-electron chi connectivity index (χ3n) is 2.21. The molecular weight excluding hydrogens is 337 g/mol. The van der Waals surface area contributed by atoms with Crippen LogP contribution in [0, 0.1) is 0 Å². The van der Waals surface area contributed by atoms with E-state index in [0.29, 0.717) is 6.42 Å². The van der Waals surface area contributed by atoms with Crippen molar-refractivity contribution in [1.82, 2.24) is 0 Å². The van der Waals surface area contributed by atoms with E-state index in [4.69, 9.17) is 74.7 Å². The zero-order chi connectivity index (χ0) is 13.0. The molecule has 1 N–H and O–H groups in total. The number of aliphatic hydroxyl groups excluding tert-OH is 1. The van der Waals surface area contributed by atoms with E-state index in [1.807, 2.05) is 6.92 Å². The summed E-state index contributed by atoms with van der Waals surface area (Å²) in [5.41, 5.74) is 0. The second-order valence-electron chi connectivity index (χ2n) is 3.60. The molecule has 0 aliphatic heterocycles. The van der Waals surface area contributed by atoms with Gasteiger partial charge in [0, 0.05) is 0 Å². The molecule has 0 fully saturated rings. The number of rotatable bonds is 7. The lowest BCUT2D eigenvalue weighted by molar-refractivity contribution is 0.264. The molecule has 0 aliphatic carbocycles. The van der Waals surface area contributed by atoms with Crippen molar-refractivity contribution in [2.45, 2.75) is 45.6 Å². The number of hydrogen-bond acceptors (Lipinski definition) is 1. The number of hydrogen-bond donors (Lipinski definition) is 1. The molecule has 0 unspecified atom stereocenters. The van der Waals surface area contributed by atoms with Crippen LogP contribution < -0.4 is 0 Å². The number of unbranched alkanes of at least 4 members (excludes halogenated alkanes) is 2. The van der Waals surface area contributed by atoms with Crippen LogP contribution in [0.2, 0.25) is 0 Å². The Bertz CT molecular complexity index is 216. The van der Waals surface area contributed by atoms with Gasteiger partial charge in [-0.25, -0.2) is 0 Å². The first-order valence-corrected chi connectivity index (χ1v) is 7.13. The predicted octanol–water partition coefficient (Wildman–Crippen LogP) is 5.08. The van der Waals surface area contributed by atoms with E-state index in [1.165, 1.54) is 0 Å². The summed E-state index contributed by atoms with van der Waals surface area (Å²) in [5, 5.41) is 9.01. The van der Waals surface area contributed by atoms with Gasteiger partial charge in [0.2, 0.25) is 0 Å². The molecule has 0 aromatic carbocycles. The minimum Gasteiger partial charge on any atom is -0.393 e. The lowest BCUT2D eigenvalue weighted by atomic mass is 10.1. The molecule has 0 spiro atoms. The summed E-state index contributed by atoms with van der Waals surface area (Å²) in [7, 11) is 0. The molecule has 0 bridgehead atoms. The Labute approximate surface area is 126 Å². The van der Waals surface area contributed by atoms with Gasteiger partial charge < -0.3 is 5.11 Å². The van der Waals surface area contributed by atoms with Crippen molar-refractivity contribution in [3.05, 3.63) is 0 Å². The maximum absolute atomic E-state index is 9.01. The van der Waals surface area contributed by atoms with Crippen LogP contribution in [0.15, 0.2) is 0 Å². The van der Waals surface area contributed by atoms with Crippen LogP contribution in [0.5, 0.6) is 0 Å². The van der Waals surface area contributed by atoms with Crippen LogP contribution in [0.25, 0.3) is 0 Å². The normalized spacial score (nSPS) is 14.2. The fraction of sp³-hybridized carbons (Fsp3) is 1.00. The fourth-order valence-electron chi connectivity index (χ4n) is 1.12. The average molecular weight is 351 g/mol. The van der Waals surface area contributed by atoms with E-state index in [1.54, 1.807) is 0 Å². The lowest BCUT2D eigenvalue weighted by Gasteiger charge is -2.40. The lowest BCUT2D eigenvalue weighted by Crippen LogP contribution is -2.51. The Hall–Kier alpha value is 1.70. The third-order valence-corrected chi connectivity index (χ3v) is 6.03. The highest BCUT2D eigenvalue weighted by Crippen LogP contribution is 2.55. The maximum Gasteiger partial charge on any atom is 0.185 e. The number of aliphatic hydroxyl groups is 1.